The minimum Gasteiger partial charge on any atom is -0.448 e. The standard InChI is InChI=1S/C26H21Cl2N3O7/c1-29-17-4-2-6-20(32)24(17)23(25-18(29)5-3-7-21(25)33)15-10-13(27)11-16(28)26(15)38-22-9-8-14(30(34)35)12-19(22)31(36)37/h8-12,23H,2-7H2,1H3. The van der Waals surface area contributed by atoms with E-state index in [1.807, 2.05) is 11.9 Å². The van der Waals surface area contributed by atoms with Crippen molar-refractivity contribution in [3.8, 4) is 11.5 Å². The number of benzene rings is 2. The molecule has 0 atom stereocenters. The zero-order valence-corrected chi connectivity index (χ0v) is 21.7. The average molecular weight is 558 g/mol. The Labute approximate surface area is 226 Å². The minimum atomic E-state index is -0.819. The summed E-state index contributed by atoms with van der Waals surface area (Å²) in [5, 5.41) is 23.2. The Kier molecular flexibility index (Phi) is 6.70. The van der Waals surface area contributed by atoms with Gasteiger partial charge in [-0.15, -0.1) is 0 Å². The largest absolute Gasteiger partial charge is 0.448 e. The topological polar surface area (TPSA) is 133 Å². The fourth-order valence-electron chi connectivity index (χ4n) is 5.52. The molecule has 3 aliphatic rings. The molecule has 2 aromatic carbocycles. The van der Waals surface area contributed by atoms with Crippen molar-refractivity contribution < 1.29 is 24.2 Å². The van der Waals surface area contributed by atoms with Crippen molar-refractivity contribution in [2.75, 3.05) is 7.05 Å². The molecule has 5 rings (SSSR count). The van der Waals surface area contributed by atoms with Crippen molar-refractivity contribution in [3.05, 3.63) is 88.7 Å². The Morgan fingerprint density at radius 2 is 1.50 bits per heavy atom. The van der Waals surface area contributed by atoms with Crippen LogP contribution in [0.2, 0.25) is 10.0 Å². The molecule has 10 nitrogen and oxygen atoms in total. The molecule has 0 fully saturated rings. The summed E-state index contributed by atoms with van der Waals surface area (Å²) in [5.41, 5.74) is 1.79. The lowest BCUT2D eigenvalue weighted by Gasteiger charge is -2.42. The molecule has 0 amide bonds. The van der Waals surface area contributed by atoms with Gasteiger partial charge in [-0.05, 0) is 43.9 Å². The number of non-ortho nitro benzene ring substituents is 1. The van der Waals surface area contributed by atoms with E-state index in [2.05, 4.69) is 0 Å². The lowest BCUT2D eigenvalue weighted by atomic mass is 9.71. The summed E-state index contributed by atoms with van der Waals surface area (Å²) >= 11 is 13.0. The van der Waals surface area contributed by atoms with E-state index in [9.17, 15) is 29.8 Å². The van der Waals surface area contributed by atoms with Gasteiger partial charge in [0.05, 0.1) is 20.9 Å². The number of nitro benzene ring substituents is 2. The summed E-state index contributed by atoms with van der Waals surface area (Å²) in [6, 6.07) is 5.94. The zero-order valence-electron chi connectivity index (χ0n) is 20.2. The monoisotopic (exact) mass is 557 g/mol. The molecule has 2 aromatic rings. The molecule has 12 heteroatoms. The van der Waals surface area contributed by atoms with E-state index in [-0.39, 0.29) is 33.1 Å². The van der Waals surface area contributed by atoms with Crippen LogP contribution < -0.4 is 4.74 Å². The fraction of sp³-hybridized carbons (Fsp3) is 0.308. The Balaban J connectivity index is 1.74. The van der Waals surface area contributed by atoms with Gasteiger partial charge in [-0.3, -0.25) is 29.8 Å². The van der Waals surface area contributed by atoms with Crippen molar-refractivity contribution in [2.24, 2.45) is 0 Å². The maximum absolute atomic E-state index is 13.3. The highest BCUT2D eigenvalue weighted by atomic mass is 35.5. The van der Waals surface area contributed by atoms with Crippen LogP contribution in [0.4, 0.5) is 11.4 Å². The Morgan fingerprint density at radius 3 is 2.05 bits per heavy atom. The van der Waals surface area contributed by atoms with Gasteiger partial charge >= 0.3 is 5.69 Å². The third-order valence-corrected chi connectivity index (χ3v) is 7.65. The average Bonchev–Trinajstić information content (AvgIpc) is 2.86. The quantitative estimate of drug-likeness (QED) is 0.294. The second-order valence-corrected chi connectivity index (χ2v) is 10.2. The van der Waals surface area contributed by atoms with Crippen LogP contribution in [0.3, 0.4) is 0 Å². The van der Waals surface area contributed by atoms with Crippen molar-refractivity contribution in [1.29, 1.82) is 0 Å². The number of nitrogens with zero attached hydrogens (tertiary/aromatic N) is 3. The maximum Gasteiger partial charge on any atom is 0.318 e. The Morgan fingerprint density at radius 1 is 0.895 bits per heavy atom. The minimum absolute atomic E-state index is 0.00916. The molecule has 0 radical (unpaired) electrons. The predicted octanol–water partition coefficient (Wildman–Crippen LogP) is 6.65. The molecule has 1 heterocycles. The number of hydrogen-bond donors (Lipinski definition) is 0. The number of halogens is 2. The van der Waals surface area contributed by atoms with Crippen molar-refractivity contribution in [2.45, 2.75) is 44.4 Å². The van der Waals surface area contributed by atoms with Crippen LogP contribution >= 0.6 is 23.2 Å². The van der Waals surface area contributed by atoms with E-state index in [4.69, 9.17) is 27.9 Å². The fourth-order valence-corrected chi connectivity index (χ4v) is 6.07. The third kappa shape index (κ3) is 4.33. The van der Waals surface area contributed by atoms with Gasteiger partial charge in [0.1, 0.15) is 0 Å². The number of ether oxygens (including phenoxy) is 1. The first kappa shape index (κ1) is 25.9. The van der Waals surface area contributed by atoms with E-state index in [0.717, 1.165) is 29.6 Å². The Bertz CT molecular complexity index is 1450. The number of carbonyl (C=O) groups is 2. The first-order valence-corrected chi connectivity index (χ1v) is 12.7. The molecule has 0 N–H and O–H groups in total. The van der Waals surface area contributed by atoms with E-state index >= 15 is 0 Å². The van der Waals surface area contributed by atoms with E-state index in [0.29, 0.717) is 55.2 Å². The van der Waals surface area contributed by atoms with Crippen LogP contribution in [0, 0.1) is 20.2 Å². The van der Waals surface area contributed by atoms with Crippen LogP contribution in [0.15, 0.2) is 52.9 Å². The number of nitro groups is 2. The van der Waals surface area contributed by atoms with E-state index in [1.165, 1.54) is 6.07 Å². The molecule has 0 aromatic heterocycles. The predicted molar refractivity (Wildman–Crippen MR) is 139 cm³/mol. The van der Waals surface area contributed by atoms with Gasteiger partial charge in [-0.25, -0.2) is 0 Å². The first-order valence-electron chi connectivity index (χ1n) is 11.9. The molecular formula is C26H21Cl2N3O7. The molecule has 0 unspecified atom stereocenters. The van der Waals surface area contributed by atoms with E-state index < -0.39 is 27.1 Å². The Hall–Kier alpha value is -3.76. The second-order valence-electron chi connectivity index (χ2n) is 9.34. The van der Waals surface area contributed by atoms with Crippen molar-refractivity contribution in [1.82, 2.24) is 4.90 Å². The van der Waals surface area contributed by atoms with E-state index in [1.54, 1.807) is 6.07 Å². The SMILES string of the molecule is CN1C2=C(C(=O)CCC2)C(c2cc(Cl)cc(Cl)c2Oc2ccc([N+](=O)[O-])cc2[N+](=O)[O-])C2=C1CCCC2=O. The van der Waals surface area contributed by atoms with Crippen molar-refractivity contribution >= 4 is 46.1 Å². The lowest BCUT2D eigenvalue weighted by molar-refractivity contribution is -0.394. The van der Waals surface area contributed by atoms with Gasteiger partial charge < -0.3 is 9.64 Å². The molecule has 0 bridgehead atoms. The smallest absolute Gasteiger partial charge is 0.318 e. The zero-order chi connectivity index (χ0) is 27.3. The first-order chi connectivity index (χ1) is 18.1. The molecule has 196 valence electrons. The van der Waals surface area contributed by atoms with Crippen LogP contribution in [0.25, 0.3) is 0 Å². The van der Waals surface area contributed by atoms with Gasteiger partial charge in [0.2, 0.25) is 5.75 Å². The van der Waals surface area contributed by atoms with Crippen LogP contribution in [0.1, 0.15) is 50.0 Å². The molecule has 0 spiro atoms. The van der Waals surface area contributed by atoms with Crippen LogP contribution in [-0.4, -0.2) is 33.4 Å². The molecule has 2 aliphatic carbocycles. The number of rotatable bonds is 5. The summed E-state index contributed by atoms with van der Waals surface area (Å²) in [7, 11) is 1.86. The van der Waals surface area contributed by atoms with Gasteiger partial charge in [0.25, 0.3) is 5.69 Å². The van der Waals surface area contributed by atoms with Crippen LogP contribution in [0.5, 0.6) is 11.5 Å². The normalized spacial score (nSPS) is 17.9. The number of Topliss-reactive ketones (excluding diaryl/α,β-unsaturated/α-hetero) is 2. The number of hydrogen-bond acceptors (Lipinski definition) is 8. The summed E-state index contributed by atoms with van der Waals surface area (Å²) in [6.45, 7) is 0. The molecule has 1 aliphatic heterocycles. The molecule has 0 saturated carbocycles. The van der Waals surface area contributed by atoms with Gasteiger partial charge in [-0.2, -0.15) is 0 Å². The summed E-state index contributed by atoms with van der Waals surface area (Å²) in [6.07, 6.45) is 3.30. The molecule has 38 heavy (non-hydrogen) atoms. The highest BCUT2D eigenvalue weighted by Crippen LogP contribution is 2.53. The number of carbonyl (C=O) groups excluding carboxylic acids is 2. The summed E-state index contributed by atoms with van der Waals surface area (Å²) in [5.74, 6) is -1.32. The number of ketones is 2. The van der Waals surface area contributed by atoms with Gasteiger partial charge in [0.15, 0.2) is 17.3 Å². The number of allylic oxidation sites excluding steroid dienone is 4. The maximum atomic E-state index is 13.3. The summed E-state index contributed by atoms with van der Waals surface area (Å²) in [4.78, 5) is 50.0. The second kappa shape index (κ2) is 9.85. The summed E-state index contributed by atoms with van der Waals surface area (Å²) < 4.78 is 6.00. The third-order valence-electron chi connectivity index (χ3n) is 7.15. The lowest BCUT2D eigenvalue weighted by Crippen LogP contribution is -2.37. The van der Waals surface area contributed by atoms with Crippen LogP contribution in [-0.2, 0) is 9.59 Å². The molecule has 0 saturated heterocycles. The van der Waals surface area contributed by atoms with Gasteiger partial charge in [0, 0.05) is 65.0 Å². The van der Waals surface area contributed by atoms with Gasteiger partial charge in [-0.1, -0.05) is 23.2 Å². The highest BCUT2D eigenvalue weighted by Gasteiger charge is 2.44. The highest BCUT2D eigenvalue weighted by molar-refractivity contribution is 6.35. The molecular weight excluding hydrogens is 537 g/mol. The van der Waals surface area contributed by atoms with Crippen molar-refractivity contribution in [3.63, 3.8) is 0 Å².